The van der Waals surface area contributed by atoms with Crippen molar-refractivity contribution in [2.75, 3.05) is 24.8 Å². The van der Waals surface area contributed by atoms with Crippen molar-refractivity contribution in [3.8, 4) is 11.5 Å². The lowest BCUT2D eigenvalue weighted by Crippen LogP contribution is -2.49. The highest BCUT2D eigenvalue weighted by atomic mass is 32.1. The molecule has 2 fully saturated rings. The Balaban J connectivity index is 1.60. The minimum atomic E-state index is -0.0634. The second-order valence-corrected chi connectivity index (χ2v) is 6.64. The van der Waals surface area contributed by atoms with Gasteiger partial charge < -0.3 is 20.1 Å². The number of piperidine rings is 1. The quantitative estimate of drug-likeness (QED) is 0.828. The molecule has 4 heterocycles. The third-order valence-corrected chi connectivity index (χ3v) is 5.42. The minimum absolute atomic E-state index is 0.0634. The van der Waals surface area contributed by atoms with Gasteiger partial charge in [-0.25, -0.2) is 9.78 Å². The fourth-order valence-electron chi connectivity index (χ4n) is 3.34. The summed E-state index contributed by atoms with van der Waals surface area (Å²) in [5.41, 5.74) is 0.773. The number of benzene rings is 1. The van der Waals surface area contributed by atoms with Crippen molar-refractivity contribution in [1.82, 2.24) is 15.6 Å². The van der Waals surface area contributed by atoms with Crippen LogP contribution in [-0.4, -0.2) is 43.0 Å². The van der Waals surface area contributed by atoms with Gasteiger partial charge >= 0.3 is 6.03 Å². The lowest BCUT2D eigenvalue weighted by molar-refractivity contribution is 0.174. The Morgan fingerprint density at radius 2 is 2.32 bits per heavy atom. The second kappa shape index (κ2) is 4.47. The van der Waals surface area contributed by atoms with E-state index in [4.69, 9.17) is 9.47 Å². The van der Waals surface area contributed by atoms with Gasteiger partial charge in [-0.15, -0.1) is 0 Å². The van der Waals surface area contributed by atoms with Crippen molar-refractivity contribution < 1.29 is 14.3 Å². The number of urea groups is 1. The lowest BCUT2D eigenvalue weighted by atomic mass is 10.0. The molecular formula is C14H14N4O3S. The maximum absolute atomic E-state index is 12.3. The predicted octanol–water partition coefficient (Wildman–Crippen LogP) is 1.29. The molecule has 7 nitrogen and oxygen atoms in total. The molecule has 8 heteroatoms. The molecule has 114 valence electrons. The van der Waals surface area contributed by atoms with E-state index in [1.807, 2.05) is 12.1 Å². The Morgan fingerprint density at radius 1 is 1.36 bits per heavy atom. The molecule has 22 heavy (non-hydrogen) atoms. The van der Waals surface area contributed by atoms with Gasteiger partial charge in [-0.05, 0) is 25.1 Å². The highest BCUT2D eigenvalue weighted by molar-refractivity contribution is 7.22. The molecule has 1 aromatic carbocycles. The van der Waals surface area contributed by atoms with Gasteiger partial charge in [0.2, 0.25) is 6.79 Å². The third kappa shape index (κ3) is 1.65. The van der Waals surface area contributed by atoms with Crippen LogP contribution in [-0.2, 0) is 0 Å². The first-order valence-electron chi connectivity index (χ1n) is 7.31. The van der Waals surface area contributed by atoms with Gasteiger partial charge in [0, 0.05) is 6.54 Å². The van der Waals surface area contributed by atoms with E-state index in [0.29, 0.717) is 16.6 Å². The molecule has 3 aliphatic rings. The normalized spacial score (nSPS) is 26.4. The van der Waals surface area contributed by atoms with E-state index in [2.05, 4.69) is 15.6 Å². The van der Waals surface area contributed by atoms with Crippen LogP contribution in [0.3, 0.4) is 0 Å². The molecule has 2 unspecified atom stereocenters. The molecule has 5 rings (SSSR count). The molecule has 0 saturated carbocycles. The van der Waals surface area contributed by atoms with Crippen molar-refractivity contribution in [1.29, 1.82) is 0 Å². The zero-order chi connectivity index (χ0) is 14.7. The predicted molar refractivity (Wildman–Crippen MR) is 81.8 cm³/mol. The summed E-state index contributed by atoms with van der Waals surface area (Å²) in [5, 5.41) is 7.12. The second-order valence-electron chi connectivity index (χ2n) is 5.63. The SMILES string of the molecule is O=C1NC2CCNCC2N1c1nc2c3c(ccc2s1)OCO3. The maximum atomic E-state index is 12.3. The van der Waals surface area contributed by atoms with Gasteiger partial charge in [0.25, 0.3) is 0 Å². The van der Waals surface area contributed by atoms with Crippen LogP contribution < -0.4 is 25.0 Å². The molecule has 0 spiro atoms. The van der Waals surface area contributed by atoms with Gasteiger partial charge in [-0.3, -0.25) is 4.90 Å². The van der Waals surface area contributed by atoms with Crippen molar-refractivity contribution in [3.63, 3.8) is 0 Å². The van der Waals surface area contributed by atoms with Crippen molar-refractivity contribution in [2.45, 2.75) is 18.5 Å². The fraction of sp³-hybridized carbons (Fsp3) is 0.429. The Labute approximate surface area is 130 Å². The number of thiazole rings is 1. The van der Waals surface area contributed by atoms with Crippen molar-refractivity contribution >= 4 is 32.7 Å². The van der Waals surface area contributed by atoms with Crippen molar-refractivity contribution in [2.24, 2.45) is 0 Å². The number of amides is 2. The van der Waals surface area contributed by atoms with Crippen LogP contribution in [0.1, 0.15) is 6.42 Å². The highest BCUT2D eigenvalue weighted by Gasteiger charge is 2.42. The number of hydrogen-bond donors (Lipinski definition) is 2. The van der Waals surface area contributed by atoms with Crippen LogP contribution >= 0.6 is 11.3 Å². The summed E-state index contributed by atoms with van der Waals surface area (Å²) in [5.74, 6) is 1.39. The number of aromatic nitrogens is 1. The summed E-state index contributed by atoms with van der Waals surface area (Å²) in [7, 11) is 0. The first kappa shape index (κ1) is 12.5. The zero-order valence-electron chi connectivity index (χ0n) is 11.7. The number of nitrogens with one attached hydrogen (secondary N) is 2. The van der Waals surface area contributed by atoms with E-state index in [9.17, 15) is 4.79 Å². The smallest absolute Gasteiger partial charge is 0.324 e. The molecule has 2 atom stereocenters. The Morgan fingerprint density at radius 3 is 3.27 bits per heavy atom. The Kier molecular flexibility index (Phi) is 2.53. The summed E-state index contributed by atoms with van der Waals surface area (Å²) < 4.78 is 11.9. The number of hydrogen-bond acceptors (Lipinski definition) is 6. The molecule has 0 aliphatic carbocycles. The van der Waals surface area contributed by atoms with E-state index < -0.39 is 0 Å². The molecule has 2 aromatic rings. The first-order valence-corrected chi connectivity index (χ1v) is 8.12. The van der Waals surface area contributed by atoms with Gasteiger partial charge in [-0.2, -0.15) is 0 Å². The molecule has 2 amide bonds. The van der Waals surface area contributed by atoms with Gasteiger partial charge in [-0.1, -0.05) is 11.3 Å². The third-order valence-electron chi connectivity index (χ3n) is 4.40. The average Bonchev–Trinajstić information content (AvgIpc) is 3.20. The van der Waals surface area contributed by atoms with Gasteiger partial charge in [0.05, 0.1) is 16.8 Å². The van der Waals surface area contributed by atoms with Gasteiger partial charge in [0.1, 0.15) is 5.52 Å². The number of carbonyl (C=O) groups excluding carboxylic acids is 1. The van der Waals surface area contributed by atoms with Crippen molar-refractivity contribution in [3.05, 3.63) is 12.1 Å². The number of nitrogens with zero attached hydrogens (tertiary/aromatic N) is 2. The number of carbonyl (C=O) groups is 1. The maximum Gasteiger partial charge on any atom is 0.324 e. The summed E-state index contributed by atoms with van der Waals surface area (Å²) in [6.45, 7) is 1.95. The van der Waals surface area contributed by atoms with E-state index in [1.165, 1.54) is 11.3 Å². The zero-order valence-corrected chi connectivity index (χ0v) is 12.5. The first-order chi connectivity index (χ1) is 10.8. The minimum Gasteiger partial charge on any atom is -0.454 e. The van der Waals surface area contributed by atoms with Crippen LogP contribution in [0, 0.1) is 0 Å². The number of anilines is 1. The molecular weight excluding hydrogens is 304 g/mol. The fourth-order valence-corrected chi connectivity index (χ4v) is 4.36. The van der Waals surface area contributed by atoms with Crippen LogP contribution in [0.15, 0.2) is 12.1 Å². The summed E-state index contributed by atoms with van der Waals surface area (Å²) in [4.78, 5) is 18.8. The average molecular weight is 318 g/mol. The largest absolute Gasteiger partial charge is 0.454 e. The summed E-state index contributed by atoms with van der Waals surface area (Å²) in [6, 6.07) is 4.11. The van der Waals surface area contributed by atoms with E-state index >= 15 is 0 Å². The monoisotopic (exact) mass is 318 g/mol. The standard InChI is InChI=1S/C14H14N4O3S/c19-13-16-7-3-4-15-5-8(7)18(13)14-17-11-10(22-14)2-1-9-12(11)21-6-20-9/h1-2,7-8,15H,3-6H2,(H,16,19). The molecule has 2 N–H and O–H groups in total. The van der Waals surface area contributed by atoms with E-state index in [-0.39, 0.29) is 24.9 Å². The summed E-state index contributed by atoms with van der Waals surface area (Å²) >= 11 is 1.51. The van der Waals surface area contributed by atoms with E-state index in [1.54, 1.807) is 4.90 Å². The molecule has 3 aliphatic heterocycles. The molecule has 2 saturated heterocycles. The molecule has 0 radical (unpaired) electrons. The topological polar surface area (TPSA) is 75.7 Å². The Bertz CT molecular complexity index is 777. The van der Waals surface area contributed by atoms with Gasteiger partial charge in [0.15, 0.2) is 16.6 Å². The number of ether oxygens (including phenoxy) is 2. The summed E-state index contributed by atoms with van der Waals surface area (Å²) in [6.07, 6.45) is 0.949. The molecule has 0 bridgehead atoms. The van der Waals surface area contributed by atoms with Crippen LogP contribution in [0.25, 0.3) is 10.2 Å². The highest BCUT2D eigenvalue weighted by Crippen LogP contribution is 2.43. The van der Waals surface area contributed by atoms with Crippen LogP contribution in [0.2, 0.25) is 0 Å². The van der Waals surface area contributed by atoms with Crippen LogP contribution in [0.5, 0.6) is 11.5 Å². The van der Waals surface area contributed by atoms with Crippen LogP contribution in [0.4, 0.5) is 9.93 Å². The number of fused-ring (bicyclic) bond motifs is 4. The number of rotatable bonds is 1. The van der Waals surface area contributed by atoms with E-state index in [0.717, 1.165) is 29.7 Å². The Hall–Kier alpha value is -2.06. The molecule has 1 aromatic heterocycles. The lowest BCUT2D eigenvalue weighted by Gasteiger charge is -2.28.